The minimum absolute atomic E-state index is 0.0434. The van der Waals surface area contributed by atoms with E-state index >= 15 is 4.39 Å². The van der Waals surface area contributed by atoms with Crippen LogP contribution in [0.2, 0.25) is 0 Å². The van der Waals surface area contributed by atoms with Crippen LogP contribution in [0, 0.1) is 41.0 Å². The molecule has 0 aromatic heterocycles. The van der Waals surface area contributed by atoms with Crippen LogP contribution in [0.5, 0.6) is 0 Å². The Balaban J connectivity index is 1.36. The van der Waals surface area contributed by atoms with Gasteiger partial charge in [-0.15, -0.1) is 0 Å². The van der Waals surface area contributed by atoms with Crippen LogP contribution in [0.25, 0.3) is 11.1 Å². The fraction of sp³-hybridized carbons (Fsp3) is 0.586. The number of benzene rings is 2. The van der Waals surface area contributed by atoms with Gasteiger partial charge in [-0.3, -0.25) is 0 Å². The van der Waals surface area contributed by atoms with Gasteiger partial charge in [0.1, 0.15) is 5.82 Å². The Morgan fingerprint density at radius 3 is 2.15 bits per heavy atom. The van der Waals surface area contributed by atoms with E-state index in [2.05, 4.69) is 6.92 Å². The van der Waals surface area contributed by atoms with Gasteiger partial charge in [-0.1, -0.05) is 70.4 Å². The summed E-state index contributed by atoms with van der Waals surface area (Å²) in [5.41, 5.74) is 1.87. The highest BCUT2D eigenvalue weighted by Crippen LogP contribution is 2.42. The minimum atomic E-state index is -1.52. The minimum Gasteiger partial charge on any atom is -0.206 e. The first kappa shape index (κ1) is 24.3. The molecule has 180 valence electrons. The highest BCUT2D eigenvalue weighted by atomic mass is 19.2. The van der Waals surface area contributed by atoms with Gasteiger partial charge >= 0.3 is 0 Å². The van der Waals surface area contributed by atoms with E-state index in [1.807, 2.05) is 6.07 Å². The number of halogens is 4. The largest absolute Gasteiger partial charge is 0.206 e. The van der Waals surface area contributed by atoms with Crippen LogP contribution >= 0.6 is 0 Å². The van der Waals surface area contributed by atoms with Crippen molar-refractivity contribution >= 4 is 0 Å². The zero-order valence-electron chi connectivity index (χ0n) is 19.7. The van der Waals surface area contributed by atoms with Gasteiger partial charge in [0.25, 0.3) is 0 Å². The standard InChI is InChI=1S/C29H36F4/c1-2-3-4-5-6-7-19-8-10-20(11-9-19)21-12-14-24-22(16-21)13-15-25(28(24)32)23-17-26(30)29(33)27(31)18-23/h13,15,17-21H,2-12,14,16H2,1H3. The Bertz CT molecular complexity index is 920. The molecule has 0 bridgehead atoms. The number of hydrogen-bond donors (Lipinski definition) is 0. The maximum absolute atomic E-state index is 15.3. The molecule has 0 heterocycles. The summed E-state index contributed by atoms with van der Waals surface area (Å²) in [6.07, 6.45) is 15.9. The van der Waals surface area contributed by atoms with E-state index in [0.717, 1.165) is 42.4 Å². The molecule has 1 unspecified atom stereocenters. The lowest BCUT2D eigenvalue weighted by atomic mass is 9.69. The molecule has 1 saturated carbocycles. The van der Waals surface area contributed by atoms with Crippen LogP contribution in [0.3, 0.4) is 0 Å². The normalized spacial score (nSPS) is 22.9. The third-order valence-electron chi connectivity index (χ3n) is 8.16. The summed E-state index contributed by atoms with van der Waals surface area (Å²) in [4.78, 5) is 0. The number of fused-ring (bicyclic) bond motifs is 1. The SMILES string of the molecule is CCCCCCCC1CCC(C2CCc3c(ccc(-c4cc(F)c(F)c(F)c4)c3F)C2)CC1. The van der Waals surface area contributed by atoms with Gasteiger partial charge in [0.2, 0.25) is 0 Å². The Kier molecular flexibility index (Phi) is 8.14. The van der Waals surface area contributed by atoms with E-state index in [9.17, 15) is 13.2 Å². The van der Waals surface area contributed by atoms with Gasteiger partial charge in [0, 0.05) is 5.56 Å². The molecule has 1 fully saturated rings. The van der Waals surface area contributed by atoms with Crippen LogP contribution in [0.4, 0.5) is 17.6 Å². The van der Waals surface area contributed by atoms with Crippen molar-refractivity contribution in [3.63, 3.8) is 0 Å². The van der Waals surface area contributed by atoms with Gasteiger partial charge in [-0.2, -0.15) is 0 Å². The molecule has 0 spiro atoms. The van der Waals surface area contributed by atoms with Crippen LogP contribution in [0.15, 0.2) is 24.3 Å². The summed E-state index contributed by atoms with van der Waals surface area (Å²) >= 11 is 0. The first-order valence-electron chi connectivity index (χ1n) is 12.9. The topological polar surface area (TPSA) is 0 Å². The average Bonchev–Trinajstić information content (AvgIpc) is 2.82. The van der Waals surface area contributed by atoms with Gasteiger partial charge in [0.15, 0.2) is 17.5 Å². The van der Waals surface area contributed by atoms with Crippen LogP contribution < -0.4 is 0 Å². The maximum Gasteiger partial charge on any atom is 0.194 e. The zero-order valence-corrected chi connectivity index (χ0v) is 19.7. The third kappa shape index (κ3) is 5.63. The first-order valence-corrected chi connectivity index (χ1v) is 12.9. The van der Waals surface area contributed by atoms with Crippen molar-refractivity contribution in [3.8, 4) is 11.1 Å². The van der Waals surface area contributed by atoms with E-state index < -0.39 is 23.3 Å². The summed E-state index contributed by atoms with van der Waals surface area (Å²) in [5, 5.41) is 0. The quantitative estimate of drug-likeness (QED) is 0.209. The molecular weight excluding hydrogens is 424 g/mol. The second-order valence-corrected chi connectivity index (χ2v) is 10.3. The fourth-order valence-electron chi connectivity index (χ4n) is 6.16. The number of unbranched alkanes of at least 4 members (excludes halogenated alkanes) is 4. The van der Waals surface area contributed by atoms with Crippen LogP contribution in [-0.2, 0) is 12.8 Å². The zero-order chi connectivity index (χ0) is 23.4. The molecule has 0 N–H and O–H groups in total. The van der Waals surface area contributed by atoms with Gasteiger partial charge in [-0.25, -0.2) is 17.6 Å². The van der Waals surface area contributed by atoms with Crippen molar-refractivity contribution < 1.29 is 17.6 Å². The highest BCUT2D eigenvalue weighted by molar-refractivity contribution is 5.66. The lowest BCUT2D eigenvalue weighted by Crippen LogP contribution is -2.27. The van der Waals surface area contributed by atoms with Crippen LogP contribution in [-0.4, -0.2) is 0 Å². The van der Waals surface area contributed by atoms with Crippen molar-refractivity contribution in [2.24, 2.45) is 17.8 Å². The van der Waals surface area contributed by atoms with Crippen molar-refractivity contribution in [1.29, 1.82) is 0 Å². The van der Waals surface area contributed by atoms with E-state index in [4.69, 9.17) is 0 Å². The second kappa shape index (κ2) is 11.1. The Morgan fingerprint density at radius 2 is 1.45 bits per heavy atom. The average molecular weight is 461 g/mol. The summed E-state index contributed by atoms with van der Waals surface area (Å²) in [5.74, 6) is -2.33. The lowest BCUT2D eigenvalue weighted by Gasteiger charge is -2.37. The monoisotopic (exact) mass is 460 g/mol. The summed E-state index contributed by atoms with van der Waals surface area (Å²) < 4.78 is 55.9. The molecule has 0 aliphatic heterocycles. The van der Waals surface area contributed by atoms with Crippen molar-refractivity contribution in [1.82, 2.24) is 0 Å². The smallest absolute Gasteiger partial charge is 0.194 e. The van der Waals surface area contributed by atoms with Crippen LogP contribution in [0.1, 0.15) is 88.7 Å². The van der Waals surface area contributed by atoms with E-state index in [1.54, 1.807) is 6.07 Å². The summed E-state index contributed by atoms with van der Waals surface area (Å²) in [6, 6.07) is 5.24. The van der Waals surface area contributed by atoms with Gasteiger partial charge < -0.3 is 0 Å². The van der Waals surface area contributed by atoms with Crippen molar-refractivity contribution in [2.75, 3.05) is 0 Å². The molecule has 1 atom stereocenters. The van der Waals surface area contributed by atoms with Gasteiger partial charge in [0.05, 0.1) is 0 Å². The molecule has 0 radical (unpaired) electrons. The fourth-order valence-corrected chi connectivity index (χ4v) is 6.16. The summed E-state index contributed by atoms with van der Waals surface area (Å²) in [7, 11) is 0. The molecule has 0 saturated heterocycles. The molecule has 2 aromatic carbocycles. The highest BCUT2D eigenvalue weighted by Gasteiger charge is 2.31. The molecule has 4 heteroatoms. The Hall–Kier alpha value is -1.84. The van der Waals surface area contributed by atoms with E-state index in [-0.39, 0.29) is 11.1 Å². The predicted molar refractivity (Wildman–Crippen MR) is 126 cm³/mol. The predicted octanol–water partition coefficient (Wildman–Crippen LogP) is 9.18. The summed E-state index contributed by atoms with van der Waals surface area (Å²) in [6.45, 7) is 2.26. The molecule has 4 rings (SSSR count). The third-order valence-corrected chi connectivity index (χ3v) is 8.16. The number of rotatable bonds is 8. The number of hydrogen-bond acceptors (Lipinski definition) is 0. The lowest BCUT2D eigenvalue weighted by molar-refractivity contribution is 0.182. The molecule has 0 nitrogen and oxygen atoms in total. The Labute approximate surface area is 195 Å². The molecular formula is C29H36F4. The molecule has 33 heavy (non-hydrogen) atoms. The van der Waals surface area contributed by atoms with Crippen molar-refractivity contribution in [2.45, 2.75) is 90.4 Å². The van der Waals surface area contributed by atoms with E-state index in [0.29, 0.717) is 17.9 Å². The molecule has 2 aromatic rings. The molecule has 2 aliphatic rings. The molecule has 0 amide bonds. The second-order valence-electron chi connectivity index (χ2n) is 10.3. The Morgan fingerprint density at radius 1 is 0.758 bits per heavy atom. The maximum atomic E-state index is 15.3. The van der Waals surface area contributed by atoms with Gasteiger partial charge in [-0.05, 0) is 78.7 Å². The van der Waals surface area contributed by atoms with E-state index in [1.165, 1.54) is 64.2 Å². The first-order chi connectivity index (χ1) is 16.0. The molecule has 2 aliphatic carbocycles. The van der Waals surface area contributed by atoms with Crippen molar-refractivity contribution in [3.05, 3.63) is 58.7 Å².